The van der Waals surface area contributed by atoms with E-state index in [-0.39, 0.29) is 18.1 Å². The summed E-state index contributed by atoms with van der Waals surface area (Å²) < 4.78 is 19.4. The fraction of sp³-hybridized carbons (Fsp3) is 0.316. The number of rotatable bonds is 4. The van der Waals surface area contributed by atoms with E-state index in [0.29, 0.717) is 0 Å². The van der Waals surface area contributed by atoms with Crippen LogP contribution in [0.1, 0.15) is 30.0 Å². The van der Waals surface area contributed by atoms with Crippen LogP contribution in [0.15, 0.2) is 53.6 Å². The average molecular weight is 342 g/mol. The van der Waals surface area contributed by atoms with Crippen LogP contribution in [0.3, 0.4) is 0 Å². The second-order valence-electron chi connectivity index (χ2n) is 6.05. The lowest BCUT2D eigenvalue weighted by atomic mass is 9.96. The molecule has 0 aliphatic carbocycles. The molecule has 0 N–H and O–H groups in total. The van der Waals surface area contributed by atoms with Gasteiger partial charge in [0.05, 0.1) is 11.8 Å². The minimum Gasteiger partial charge on any atom is -0.469 e. The van der Waals surface area contributed by atoms with E-state index >= 15 is 0 Å². The summed E-state index contributed by atoms with van der Waals surface area (Å²) in [5.74, 6) is 1.76. The number of nitrogens with zero attached hydrogens (tertiary/aromatic N) is 2. The van der Waals surface area contributed by atoms with E-state index in [2.05, 4.69) is 17.3 Å². The molecule has 2 aromatic carbocycles. The maximum atomic E-state index is 13.2. The largest absolute Gasteiger partial charge is 0.469 e. The van der Waals surface area contributed by atoms with E-state index in [1.54, 1.807) is 12.1 Å². The summed E-state index contributed by atoms with van der Waals surface area (Å²) >= 11 is 1.81. The third-order valence-corrected chi connectivity index (χ3v) is 5.17. The third kappa shape index (κ3) is 2.77. The zero-order valence-electron chi connectivity index (χ0n) is 13.5. The van der Waals surface area contributed by atoms with Gasteiger partial charge in [0, 0.05) is 18.4 Å². The Kier molecular flexibility index (Phi) is 4.19. The molecule has 0 amide bonds. The van der Waals surface area contributed by atoms with Gasteiger partial charge in [0.1, 0.15) is 11.6 Å². The van der Waals surface area contributed by atoms with E-state index in [9.17, 15) is 4.39 Å². The predicted molar refractivity (Wildman–Crippen MR) is 96.0 cm³/mol. The van der Waals surface area contributed by atoms with Crippen LogP contribution in [0.4, 0.5) is 4.39 Å². The van der Waals surface area contributed by atoms with E-state index in [1.165, 1.54) is 17.7 Å². The molecule has 3 nitrogen and oxygen atoms in total. The number of thioether (sulfide) groups is 1. The summed E-state index contributed by atoms with van der Waals surface area (Å²) in [5, 5.41) is 6.93. The summed E-state index contributed by atoms with van der Waals surface area (Å²) in [6.07, 6.45) is 3.80. The molecule has 2 aliphatic rings. The van der Waals surface area contributed by atoms with E-state index in [4.69, 9.17) is 9.84 Å². The summed E-state index contributed by atoms with van der Waals surface area (Å²) in [4.78, 5) is 0. The van der Waals surface area contributed by atoms with Crippen LogP contribution in [-0.4, -0.2) is 29.0 Å². The van der Waals surface area contributed by atoms with Gasteiger partial charge in [-0.25, -0.2) is 4.39 Å². The average Bonchev–Trinajstić information content (AvgIpc) is 3.06. The van der Waals surface area contributed by atoms with Gasteiger partial charge in [-0.1, -0.05) is 30.3 Å². The summed E-state index contributed by atoms with van der Waals surface area (Å²) in [6.45, 7) is 0. The van der Waals surface area contributed by atoms with Gasteiger partial charge in [-0.2, -0.15) is 16.9 Å². The Hall–Kier alpha value is -2.01. The van der Waals surface area contributed by atoms with Crippen molar-refractivity contribution in [1.29, 1.82) is 0 Å². The Labute approximate surface area is 145 Å². The molecule has 0 spiro atoms. The second kappa shape index (κ2) is 6.48. The number of hydrogen-bond acceptors (Lipinski definition) is 4. The number of benzene rings is 2. The lowest BCUT2D eigenvalue weighted by Crippen LogP contribution is -2.40. The molecule has 4 rings (SSSR count). The monoisotopic (exact) mass is 342 g/mol. The molecule has 5 heteroatoms. The molecule has 124 valence electrons. The van der Waals surface area contributed by atoms with Crippen molar-refractivity contribution in [2.24, 2.45) is 5.10 Å². The molecular weight excluding hydrogens is 323 g/mol. The predicted octanol–water partition coefficient (Wildman–Crippen LogP) is 4.45. The SMILES string of the molecule is CSCC[C@@H]1Oc2ccccc2[C@H]2CC(c3ccc(F)cc3)=NN12. The number of hydrogen-bond donors (Lipinski definition) is 0. The molecule has 0 unspecified atom stereocenters. The van der Waals surface area contributed by atoms with E-state index < -0.39 is 0 Å². The Morgan fingerprint density at radius 3 is 2.79 bits per heavy atom. The highest BCUT2D eigenvalue weighted by molar-refractivity contribution is 7.98. The van der Waals surface area contributed by atoms with Crippen LogP contribution < -0.4 is 4.74 Å². The number of ether oxygens (including phenoxy) is 1. The van der Waals surface area contributed by atoms with Crippen molar-refractivity contribution in [3.05, 3.63) is 65.5 Å². The summed E-state index contributed by atoms with van der Waals surface area (Å²) in [7, 11) is 0. The van der Waals surface area contributed by atoms with Crippen molar-refractivity contribution in [3.63, 3.8) is 0 Å². The van der Waals surface area contributed by atoms with Gasteiger partial charge < -0.3 is 4.74 Å². The molecule has 24 heavy (non-hydrogen) atoms. The number of hydrazone groups is 1. The zero-order chi connectivity index (χ0) is 16.5. The zero-order valence-corrected chi connectivity index (χ0v) is 14.3. The van der Waals surface area contributed by atoms with Crippen molar-refractivity contribution in [2.45, 2.75) is 25.1 Å². The molecule has 2 aliphatic heterocycles. The number of fused-ring (bicyclic) bond motifs is 3. The van der Waals surface area contributed by atoms with Gasteiger partial charge in [0.2, 0.25) is 0 Å². The van der Waals surface area contributed by atoms with Gasteiger partial charge >= 0.3 is 0 Å². The minimum absolute atomic E-state index is 0.0460. The first-order chi connectivity index (χ1) is 11.8. The Morgan fingerprint density at radius 2 is 2.00 bits per heavy atom. The lowest BCUT2D eigenvalue weighted by molar-refractivity contribution is -0.0180. The molecule has 2 aromatic rings. The maximum Gasteiger partial charge on any atom is 0.188 e. The lowest BCUT2D eigenvalue weighted by Gasteiger charge is -2.38. The van der Waals surface area contributed by atoms with Gasteiger partial charge in [0.15, 0.2) is 6.23 Å². The highest BCUT2D eigenvalue weighted by Gasteiger charge is 2.39. The smallest absolute Gasteiger partial charge is 0.188 e. The van der Waals surface area contributed by atoms with Crippen molar-refractivity contribution in [1.82, 2.24) is 5.01 Å². The van der Waals surface area contributed by atoms with Crippen LogP contribution in [0.5, 0.6) is 5.75 Å². The molecule has 2 atom stereocenters. The Balaban J connectivity index is 1.68. The van der Waals surface area contributed by atoms with E-state index in [1.807, 2.05) is 30.0 Å². The fourth-order valence-corrected chi connectivity index (χ4v) is 3.77. The van der Waals surface area contributed by atoms with Crippen LogP contribution in [0.2, 0.25) is 0 Å². The first-order valence-corrected chi connectivity index (χ1v) is 9.52. The molecular formula is C19H19FN2OS. The molecule has 0 saturated carbocycles. The van der Waals surface area contributed by atoms with Gasteiger partial charge in [-0.15, -0.1) is 0 Å². The van der Waals surface area contributed by atoms with Crippen molar-refractivity contribution in [2.75, 3.05) is 12.0 Å². The van der Waals surface area contributed by atoms with Crippen LogP contribution in [-0.2, 0) is 0 Å². The molecule has 0 fully saturated rings. The molecule has 0 aromatic heterocycles. The van der Waals surface area contributed by atoms with E-state index in [0.717, 1.165) is 35.6 Å². The molecule has 2 heterocycles. The van der Waals surface area contributed by atoms with Crippen LogP contribution in [0, 0.1) is 5.82 Å². The fourth-order valence-electron chi connectivity index (χ4n) is 3.34. The van der Waals surface area contributed by atoms with Crippen molar-refractivity contribution in [3.8, 4) is 5.75 Å². The highest BCUT2D eigenvalue weighted by Crippen LogP contribution is 2.43. The Bertz CT molecular complexity index is 762. The number of para-hydroxylation sites is 1. The first-order valence-electron chi connectivity index (χ1n) is 8.12. The second-order valence-corrected chi connectivity index (χ2v) is 7.03. The molecule has 0 saturated heterocycles. The standard InChI is InChI=1S/C19H19FN2OS/c1-24-11-10-19-22-17(15-4-2-3-5-18(15)23-19)12-16(21-22)13-6-8-14(20)9-7-13/h2-9,17,19H,10-12H2,1H3/t17-,19+/m1/s1. The summed E-state index contributed by atoms with van der Waals surface area (Å²) in [6, 6.07) is 15.0. The summed E-state index contributed by atoms with van der Waals surface area (Å²) in [5.41, 5.74) is 3.15. The van der Waals surface area contributed by atoms with Gasteiger partial charge in [-0.3, -0.25) is 5.01 Å². The van der Waals surface area contributed by atoms with Gasteiger partial charge in [0.25, 0.3) is 0 Å². The molecule has 0 radical (unpaired) electrons. The molecule has 0 bridgehead atoms. The Morgan fingerprint density at radius 1 is 1.21 bits per heavy atom. The third-order valence-electron chi connectivity index (χ3n) is 4.52. The first kappa shape index (κ1) is 15.5. The maximum absolute atomic E-state index is 13.2. The van der Waals surface area contributed by atoms with Crippen LogP contribution >= 0.6 is 11.8 Å². The highest BCUT2D eigenvalue weighted by atomic mass is 32.2. The quantitative estimate of drug-likeness (QED) is 0.821. The van der Waals surface area contributed by atoms with Crippen LogP contribution in [0.25, 0.3) is 0 Å². The van der Waals surface area contributed by atoms with Crippen molar-refractivity contribution < 1.29 is 9.13 Å². The normalized spacial score (nSPS) is 21.8. The van der Waals surface area contributed by atoms with Crippen molar-refractivity contribution >= 4 is 17.5 Å². The topological polar surface area (TPSA) is 24.8 Å². The van der Waals surface area contributed by atoms with Gasteiger partial charge in [-0.05, 0) is 35.8 Å². The minimum atomic E-state index is -0.221. The number of halogens is 1.